The topological polar surface area (TPSA) is 164 Å². The predicted molar refractivity (Wildman–Crippen MR) is 147 cm³/mol. The second-order valence-corrected chi connectivity index (χ2v) is 11.0. The maximum Gasteiger partial charge on any atom is 0.336 e. The quantitative estimate of drug-likeness (QED) is 0.312. The predicted octanol–water partition coefficient (Wildman–Crippen LogP) is 3.40. The van der Waals surface area contributed by atoms with E-state index in [4.69, 9.17) is 20.4 Å². The van der Waals surface area contributed by atoms with Gasteiger partial charge in [0.15, 0.2) is 5.60 Å². The zero-order valence-corrected chi connectivity index (χ0v) is 23.1. The molecule has 3 fully saturated rings. The number of hydrogen-bond donors (Lipinski definition) is 5. The molecule has 216 valence electrons. The lowest BCUT2D eigenvalue weighted by atomic mass is 9.65. The molecule has 2 aliphatic heterocycles. The fraction of sp³-hybridized carbons (Fsp3) is 0.467. The normalized spacial score (nSPS) is 21.1. The molecule has 1 saturated carbocycles. The van der Waals surface area contributed by atoms with E-state index in [1.165, 1.54) is 18.4 Å². The number of nitrogens with one attached hydrogen (secondary N) is 1. The van der Waals surface area contributed by atoms with Gasteiger partial charge < -0.3 is 25.7 Å². The third kappa shape index (κ3) is 6.86. The van der Waals surface area contributed by atoms with Crippen molar-refractivity contribution in [1.82, 2.24) is 10.2 Å². The highest BCUT2D eigenvalue weighted by atomic mass is 16.4. The Hall–Kier alpha value is -3.76. The molecule has 5 rings (SSSR count). The lowest BCUT2D eigenvalue weighted by molar-refractivity contribution is -0.170. The Morgan fingerprint density at radius 3 is 1.90 bits per heavy atom. The molecule has 10 nitrogen and oxygen atoms in total. The number of carboxylic acid groups (broad SMARTS) is 3. The first-order valence-corrected chi connectivity index (χ1v) is 13.3. The van der Waals surface area contributed by atoms with Crippen molar-refractivity contribution in [2.24, 2.45) is 5.92 Å². The number of aliphatic hydroxyl groups is 1. The highest BCUT2D eigenvalue weighted by Gasteiger charge is 2.50. The highest BCUT2D eigenvalue weighted by Crippen LogP contribution is 2.49. The average Bonchev–Trinajstić information content (AvgIpc) is 2.88. The van der Waals surface area contributed by atoms with Gasteiger partial charge in [0.05, 0.1) is 18.9 Å². The maximum atomic E-state index is 13.4. The Kier molecular flexibility index (Phi) is 9.70. The molecule has 2 aromatic rings. The molecule has 5 N–H and O–H groups in total. The van der Waals surface area contributed by atoms with E-state index in [1.807, 2.05) is 38.1 Å². The number of piperidine rings is 2. The number of aryl methyl sites for hydroxylation is 2. The number of carboxylic acids is 3. The summed E-state index contributed by atoms with van der Waals surface area (Å²) in [5.41, 5.74) is 1.39. The van der Waals surface area contributed by atoms with Gasteiger partial charge in [-0.15, -0.1) is 0 Å². The summed E-state index contributed by atoms with van der Waals surface area (Å²) >= 11 is 0. The zero-order chi connectivity index (χ0) is 29.7. The first-order chi connectivity index (χ1) is 18.8. The monoisotopic (exact) mass is 554 g/mol. The van der Waals surface area contributed by atoms with E-state index in [9.17, 15) is 19.2 Å². The largest absolute Gasteiger partial charge is 0.481 e. The fourth-order valence-corrected chi connectivity index (χ4v) is 6.08. The van der Waals surface area contributed by atoms with Gasteiger partial charge in [-0.05, 0) is 69.2 Å². The number of carbonyl (C=O) groups is 4. The summed E-state index contributed by atoms with van der Waals surface area (Å²) in [4.78, 5) is 46.4. The van der Waals surface area contributed by atoms with Gasteiger partial charge in [0.1, 0.15) is 0 Å². The third-order valence-corrected chi connectivity index (χ3v) is 8.20. The molecule has 1 aliphatic carbocycles. The number of rotatable bonds is 9. The Balaban J connectivity index is 0.000000289. The molecular weight excluding hydrogens is 516 g/mol. The van der Waals surface area contributed by atoms with Crippen molar-refractivity contribution in [2.45, 2.75) is 69.6 Å². The summed E-state index contributed by atoms with van der Waals surface area (Å²) in [6.07, 6.45) is 2.56. The molecule has 3 aliphatic rings. The van der Waals surface area contributed by atoms with E-state index in [-0.39, 0.29) is 17.5 Å². The smallest absolute Gasteiger partial charge is 0.336 e. The van der Waals surface area contributed by atoms with Crippen LogP contribution in [0, 0.1) is 19.8 Å². The molecule has 40 heavy (non-hydrogen) atoms. The Morgan fingerprint density at radius 2 is 1.45 bits per heavy atom. The second-order valence-electron chi connectivity index (χ2n) is 11.0. The third-order valence-electron chi connectivity index (χ3n) is 8.20. The van der Waals surface area contributed by atoms with E-state index in [2.05, 4.69) is 41.5 Å². The van der Waals surface area contributed by atoms with Gasteiger partial charge in [-0.25, -0.2) is 4.79 Å². The van der Waals surface area contributed by atoms with E-state index in [0.717, 1.165) is 42.0 Å². The van der Waals surface area contributed by atoms with Gasteiger partial charge >= 0.3 is 17.9 Å². The van der Waals surface area contributed by atoms with Crippen LogP contribution in [0.4, 0.5) is 0 Å². The number of aliphatic carboxylic acids is 3. The summed E-state index contributed by atoms with van der Waals surface area (Å²) in [5, 5.41) is 37.3. The number of likely N-dealkylation sites (N-methyl/N-ethyl adjacent to an activating group) is 1. The van der Waals surface area contributed by atoms with Crippen LogP contribution in [0.2, 0.25) is 0 Å². The van der Waals surface area contributed by atoms with E-state index in [0.29, 0.717) is 0 Å². The van der Waals surface area contributed by atoms with E-state index < -0.39 is 36.4 Å². The Labute approximate surface area is 233 Å². The number of amides is 1. The molecule has 1 amide bonds. The Morgan fingerprint density at radius 1 is 0.925 bits per heavy atom. The van der Waals surface area contributed by atoms with Gasteiger partial charge in [0, 0.05) is 17.6 Å². The molecule has 0 aromatic heterocycles. The van der Waals surface area contributed by atoms with Crippen LogP contribution in [0.3, 0.4) is 0 Å². The van der Waals surface area contributed by atoms with Gasteiger partial charge in [-0.3, -0.25) is 19.3 Å². The second kappa shape index (κ2) is 12.6. The van der Waals surface area contributed by atoms with Crippen molar-refractivity contribution in [3.8, 4) is 0 Å². The number of hydrogen-bond acceptors (Lipinski definition) is 6. The van der Waals surface area contributed by atoms with Crippen molar-refractivity contribution < 1.29 is 39.6 Å². The standard InChI is InChI=1S/C24H30N2O.C6H8O7/c1-17-8-7-9-18(2)21(17)23(27)25-22(20-10-5-4-6-11-20)24-14-12-19(13-15-24)16-26(24)3;7-3(8)1-6(13,5(11)12)2-4(9)10/h4-11,19,22H,12-16H2,1-3H3,(H,25,27);13H,1-2H2,(H,7,8)(H,9,10)(H,11,12)/t19?,22-,24?;/m1./s1. The van der Waals surface area contributed by atoms with Crippen LogP contribution in [0.25, 0.3) is 0 Å². The number of carbonyl (C=O) groups excluding carboxylic acids is 1. The van der Waals surface area contributed by atoms with E-state index >= 15 is 0 Å². The summed E-state index contributed by atoms with van der Waals surface area (Å²) in [5.74, 6) is -4.15. The Bertz CT molecular complexity index is 1200. The van der Waals surface area contributed by atoms with Gasteiger partial charge in [-0.2, -0.15) is 0 Å². The molecule has 2 heterocycles. The minimum Gasteiger partial charge on any atom is -0.481 e. The maximum absolute atomic E-state index is 13.4. The average molecular weight is 555 g/mol. The first kappa shape index (κ1) is 30.8. The number of fused-ring (bicyclic) bond motifs is 3. The van der Waals surface area contributed by atoms with Crippen LogP contribution in [-0.4, -0.2) is 73.9 Å². The van der Waals surface area contributed by atoms with Crippen molar-refractivity contribution in [1.29, 1.82) is 0 Å². The molecule has 10 heteroatoms. The van der Waals surface area contributed by atoms with Crippen LogP contribution in [0.15, 0.2) is 48.5 Å². The van der Waals surface area contributed by atoms with Gasteiger partial charge in [-0.1, -0.05) is 48.5 Å². The summed E-state index contributed by atoms with van der Waals surface area (Å²) in [7, 11) is 2.24. The molecule has 0 radical (unpaired) electrons. The molecule has 0 unspecified atom stereocenters. The van der Waals surface area contributed by atoms with Gasteiger partial charge in [0.2, 0.25) is 0 Å². The summed E-state index contributed by atoms with van der Waals surface area (Å²) in [6.45, 7) is 5.19. The van der Waals surface area contributed by atoms with Crippen molar-refractivity contribution in [3.63, 3.8) is 0 Å². The van der Waals surface area contributed by atoms with Crippen LogP contribution in [0.5, 0.6) is 0 Å². The van der Waals surface area contributed by atoms with Crippen LogP contribution in [-0.2, 0) is 14.4 Å². The molecule has 2 bridgehead atoms. The lowest BCUT2D eigenvalue weighted by Gasteiger charge is -2.57. The van der Waals surface area contributed by atoms with Crippen molar-refractivity contribution in [2.75, 3.05) is 13.6 Å². The minimum atomic E-state index is -2.74. The highest BCUT2D eigenvalue weighted by molar-refractivity contribution is 5.97. The molecule has 1 atom stereocenters. The minimum absolute atomic E-state index is 0.0106. The van der Waals surface area contributed by atoms with Crippen LogP contribution in [0.1, 0.15) is 71.6 Å². The van der Waals surface area contributed by atoms with E-state index in [1.54, 1.807) is 0 Å². The molecule has 2 aromatic carbocycles. The molecule has 0 spiro atoms. The zero-order valence-electron chi connectivity index (χ0n) is 23.1. The first-order valence-electron chi connectivity index (χ1n) is 13.3. The lowest BCUT2D eigenvalue weighted by Crippen LogP contribution is -2.62. The van der Waals surface area contributed by atoms with Gasteiger partial charge in [0.25, 0.3) is 5.91 Å². The molecule has 2 saturated heterocycles. The van der Waals surface area contributed by atoms with Crippen LogP contribution >= 0.6 is 0 Å². The summed E-state index contributed by atoms with van der Waals surface area (Å²) in [6, 6.07) is 16.6. The van der Waals surface area contributed by atoms with Crippen molar-refractivity contribution >= 4 is 23.8 Å². The number of benzene rings is 2. The SMILES string of the molecule is Cc1cccc(C)c1C(=O)N[C@H](c1ccccc1)C12CCC(CC1)CN2C.O=C(O)CC(O)(CC(=O)O)C(=O)O. The van der Waals surface area contributed by atoms with Crippen molar-refractivity contribution in [3.05, 3.63) is 70.8 Å². The summed E-state index contributed by atoms with van der Waals surface area (Å²) < 4.78 is 0. The molecular formula is C30H38N2O8. The number of nitrogens with zero attached hydrogens (tertiary/aromatic N) is 1. The van der Waals surface area contributed by atoms with Crippen LogP contribution < -0.4 is 5.32 Å². The fourth-order valence-electron chi connectivity index (χ4n) is 6.08.